The van der Waals surface area contributed by atoms with E-state index in [4.69, 9.17) is 19.6 Å². The van der Waals surface area contributed by atoms with Gasteiger partial charge in [0.2, 0.25) is 0 Å². The quantitative estimate of drug-likeness (QED) is 0.532. The molecule has 168 valence electrons. The molecule has 3 heterocycles. The lowest BCUT2D eigenvalue weighted by atomic mass is 9.92. The number of aromatic nitrogens is 1. The molecule has 0 spiro atoms. The summed E-state index contributed by atoms with van der Waals surface area (Å²) in [5, 5.41) is 29.1. The van der Waals surface area contributed by atoms with E-state index in [1.165, 1.54) is 0 Å². The molecule has 0 fully saturated rings. The Hall–Kier alpha value is -3.44. The van der Waals surface area contributed by atoms with Crippen LogP contribution in [0, 0.1) is 16.7 Å². The van der Waals surface area contributed by atoms with Gasteiger partial charge >= 0.3 is 0 Å². The van der Waals surface area contributed by atoms with Crippen molar-refractivity contribution in [1.82, 2.24) is 4.57 Å². The first-order chi connectivity index (χ1) is 16.0. The zero-order valence-electron chi connectivity index (χ0n) is 18.1. The molecule has 5 rings (SSSR count). The van der Waals surface area contributed by atoms with Crippen molar-refractivity contribution in [2.75, 3.05) is 19.8 Å². The number of pyridine rings is 1. The predicted molar refractivity (Wildman–Crippen MR) is 126 cm³/mol. The van der Waals surface area contributed by atoms with Crippen LogP contribution >= 0.6 is 15.9 Å². The molecule has 0 amide bonds. The Morgan fingerprint density at radius 1 is 1.15 bits per heavy atom. The molecule has 33 heavy (non-hydrogen) atoms. The molecule has 2 N–H and O–H groups in total. The van der Waals surface area contributed by atoms with E-state index in [0.717, 1.165) is 35.4 Å². The molecule has 0 atom stereocenters. The number of hydrogen-bond acceptors (Lipinski definition) is 6. The first kappa shape index (κ1) is 21.4. The van der Waals surface area contributed by atoms with Crippen LogP contribution < -0.4 is 19.7 Å². The lowest BCUT2D eigenvalue weighted by molar-refractivity contribution is 0.297. The minimum absolute atomic E-state index is 0.00252. The maximum atomic E-state index is 10.3. The zero-order valence-corrected chi connectivity index (χ0v) is 19.7. The van der Waals surface area contributed by atoms with Gasteiger partial charge in [-0.05, 0) is 70.7 Å². The van der Waals surface area contributed by atoms with Crippen LogP contribution in [-0.2, 0) is 13.0 Å². The second-order valence-corrected chi connectivity index (χ2v) is 8.78. The first-order valence-electron chi connectivity index (χ1n) is 10.8. The SMILES string of the molecule is CCOc1cc(-c2cc3n(c(=N)c2C#N)CCc2cc4c(cc2-3)OCCCO4)cc(Br)c1O. The summed E-state index contributed by atoms with van der Waals surface area (Å²) in [6.45, 7) is 4.04. The molecule has 0 bridgehead atoms. The van der Waals surface area contributed by atoms with Gasteiger partial charge in [-0.15, -0.1) is 0 Å². The van der Waals surface area contributed by atoms with Crippen LogP contribution in [0.5, 0.6) is 23.0 Å². The van der Waals surface area contributed by atoms with Gasteiger partial charge in [-0.1, -0.05) is 0 Å². The van der Waals surface area contributed by atoms with Crippen molar-refractivity contribution in [2.45, 2.75) is 26.3 Å². The van der Waals surface area contributed by atoms with Gasteiger partial charge in [0.05, 0.1) is 30.0 Å². The summed E-state index contributed by atoms with van der Waals surface area (Å²) >= 11 is 3.38. The number of phenolic OH excluding ortho intramolecular Hbond substituents is 1. The van der Waals surface area contributed by atoms with E-state index in [1.54, 1.807) is 12.1 Å². The third-order valence-corrected chi connectivity index (χ3v) is 6.56. The molecule has 2 aliphatic heterocycles. The molecular formula is C25H22BrN3O4. The Morgan fingerprint density at radius 2 is 1.91 bits per heavy atom. The van der Waals surface area contributed by atoms with Crippen LogP contribution in [0.15, 0.2) is 34.8 Å². The van der Waals surface area contributed by atoms with Crippen molar-refractivity contribution in [1.29, 1.82) is 10.7 Å². The van der Waals surface area contributed by atoms with Gasteiger partial charge in [-0.25, -0.2) is 0 Å². The number of hydrogen-bond donors (Lipinski definition) is 2. The average molecular weight is 508 g/mol. The largest absolute Gasteiger partial charge is 0.503 e. The Kier molecular flexibility index (Phi) is 5.51. The molecule has 2 aliphatic rings. The van der Waals surface area contributed by atoms with Crippen LogP contribution in [0.1, 0.15) is 24.5 Å². The fraction of sp³-hybridized carbons (Fsp3) is 0.280. The van der Waals surface area contributed by atoms with E-state index in [9.17, 15) is 10.4 Å². The zero-order chi connectivity index (χ0) is 23.1. The minimum atomic E-state index is 0.00252. The van der Waals surface area contributed by atoms with Crippen molar-refractivity contribution in [3.05, 3.63) is 51.4 Å². The average Bonchev–Trinajstić information content (AvgIpc) is 3.05. The molecular weight excluding hydrogens is 486 g/mol. The maximum absolute atomic E-state index is 10.3. The van der Waals surface area contributed by atoms with Gasteiger partial charge in [0.25, 0.3) is 0 Å². The molecule has 0 unspecified atom stereocenters. The number of nitriles is 1. The molecule has 0 saturated heterocycles. The van der Waals surface area contributed by atoms with Gasteiger partial charge in [-0.3, -0.25) is 5.41 Å². The van der Waals surface area contributed by atoms with Crippen LogP contribution in [0.25, 0.3) is 22.4 Å². The molecule has 1 aromatic heterocycles. The van der Waals surface area contributed by atoms with Gasteiger partial charge < -0.3 is 23.9 Å². The fourth-order valence-electron chi connectivity index (χ4n) is 4.39. The van der Waals surface area contributed by atoms with E-state index in [-0.39, 0.29) is 16.8 Å². The summed E-state index contributed by atoms with van der Waals surface area (Å²) in [5.74, 6) is 1.77. The Bertz CT molecular complexity index is 1370. The number of aryl methyl sites for hydroxylation is 1. The van der Waals surface area contributed by atoms with Gasteiger partial charge in [0, 0.05) is 24.1 Å². The normalized spacial score (nSPS) is 14.0. The number of aromatic hydroxyl groups is 1. The fourth-order valence-corrected chi connectivity index (χ4v) is 4.83. The Balaban J connectivity index is 1.74. The van der Waals surface area contributed by atoms with Crippen molar-refractivity contribution < 1.29 is 19.3 Å². The summed E-state index contributed by atoms with van der Waals surface area (Å²) in [7, 11) is 0. The molecule has 8 heteroatoms. The second kappa shape index (κ2) is 8.49. The molecule has 0 aliphatic carbocycles. The lowest BCUT2D eigenvalue weighted by Gasteiger charge is -2.25. The number of nitrogens with one attached hydrogen (secondary N) is 1. The van der Waals surface area contributed by atoms with E-state index in [0.29, 0.717) is 53.5 Å². The topological polar surface area (TPSA) is 100 Å². The Labute approximate surface area is 199 Å². The lowest BCUT2D eigenvalue weighted by Crippen LogP contribution is -2.28. The first-order valence-corrected chi connectivity index (χ1v) is 11.6. The highest BCUT2D eigenvalue weighted by Crippen LogP contribution is 2.42. The number of fused-ring (bicyclic) bond motifs is 4. The number of rotatable bonds is 3. The molecule has 2 aromatic carbocycles. The van der Waals surface area contributed by atoms with E-state index in [2.05, 4.69) is 22.0 Å². The standard InChI is InChI=1S/C25H22BrN3O4/c1-2-31-23-10-15(8-19(26)24(23)30)16-11-20-17-12-22-21(32-6-3-7-33-22)9-14(17)4-5-29(20)25(28)18(16)13-27/h8-12,28,30H,2-7H2,1H3. The second-order valence-electron chi connectivity index (χ2n) is 7.92. The van der Waals surface area contributed by atoms with E-state index in [1.807, 2.05) is 29.7 Å². The Morgan fingerprint density at radius 3 is 2.64 bits per heavy atom. The summed E-state index contributed by atoms with van der Waals surface area (Å²) in [4.78, 5) is 0. The van der Waals surface area contributed by atoms with Crippen molar-refractivity contribution in [3.63, 3.8) is 0 Å². The van der Waals surface area contributed by atoms with E-state index < -0.39 is 0 Å². The van der Waals surface area contributed by atoms with Gasteiger partial charge in [-0.2, -0.15) is 5.26 Å². The number of nitrogens with zero attached hydrogens (tertiary/aromatic N) is 2. The van der Waals surface area contributed by atoms with Crippen LogP contribution in [0.2, 0.25) is 0 Å². The highest BCUT2D eigenvalue weighted by Gasteiger charge is 2.24. The molecule has 7 nitrogen and oxygen atoms in total. The number of benzene rings is 2. The minimum Gasteiger partial charge on any atom is -0.503 e. The molecule has 0 saturated carbocycles. The van der Waals surface area contributed by atoms with Gasteiger partial charge in [0.1, 0.15) is 17.1 Å². The summed E-state index contributed by atoms with van der Waals surface area (Å²) in [6, 6.07) is 11.6. The monoisotopic (exact) mass is 507 g/mol. The van der Waals surface area contributed by atoms with Crippen molar-refractivity contribution in [3.8, 4) is 51.5 Å². The van der Waals surface area contributed by atoms with E-state index >= 15 is 0 Å². The highest BCUT2D eigenvalue weighted by atomic mass is 79.9. The summed E-state index contributed by atoms with van der Waals surface area (Å²) in [5.41, 5.74) is 4.65. The number of phenols is 1. The van der Waals surface area contributed by atoms with Crippen LogP contribution in [0.3, 0.4) is 0 Å². The highest BCUT2D eigenvalue weighted by molar-refractivity contribution is 9.10. The van der Waals surface area contributed by atoms with Crippen molar-refractivity contribution in [2.24, 2.45) is 0 Å². The third kappa shape index (κ3) is 3.62. The maximum Gasteiger partial charge on any atom is 0.172 e. The molecule has 3 aromatic rings. The number of halogens is 1. The smallest absolute Gasteiger partial charge is 0.172 e. The van der Waals surface area contributed by atoms with Gasteiger partial charge in [0.15, 0.2) is 23.0 Å². The predicted octanol–water partition coefficient (Wildman–Crippen LogP) is 4.76. The van der Waals surface area contributed by atoms with Crippen molar-refractivity contribution >= 4 is 15.9 Å². The summed E-state index contributed by atoms with van der Waals surface area (Å²) < 4.78 is 19.7. The number of ether oxygens (including phenoxy) is 3. The third-order valence-electron chi connectivity index (χ3n) is 5.95. The summed E-state index contributed by atoms with van der Waals surface area (Å²) in [6.07, 6.45) is 1.56. The van der Waals surface area contributed by atoms with Crippen LogP contribution in [-0.4, -0.2) is 29.5 Å². The van der Waals surface area contributed by atoms with Crippen LogP contribution in [0.4, 0.5) is 0 Å². The molecule has 0 radical (unpaired) electrons.